The molecule has 8 heteroatoms. The largest absolute Gasteiger partial charge is 0.497 e. The van der Waals surface area contributed by atoms with Gasteiger partial charge < -0.3 is 14.2 Å². The van der Waals surface area contributed by atoms with E-state index >= 15 is 0 Å². The smallest absolute Gasteiger partial charge is 0.261 e. The van der Waals surface area contributed by atoms with Crippen LogP contribution in [0.4, 0.5) is 10.1 Å². The Morgan fingerprint density at radius 2 is 1.54 bits per heavy atom. The van der Waals surface area contributed by atoms with Gasteiger partial charge in [-0.2, -0.15) is 0 Å². The highest BCUT2D eigenvalue weighted by molar-refractivity contribution is 7.92. The highest BCUT2D eigenvalue weighted by Crippen LogP contribution is 2.35. The number of hydrogen-bond acceptors (Lipinski definition) is 5. The van der Waals surface area contributed by atoms with Crippen molar-refractivity contribution < 1.29 is 27.0 Å². The van der Waals surface area contributed by atoms with Gasteiger partial charge in [-0.3, -0.25) is 4.72 Å². The molecule has 3 aromatic rings. The number of hydrogen-bond donors (Lipinski definition) is 1. The van der Waals surface area contributed by atoms with Gasteiger partial charge in [0, 0.05) is 6.07 Å². The van der Waals surface area contributed by atoms with Crippen LogP contribution in [0, 0.1) is 5.82 Å². The van der Waals surface area contributed by atoms with Gasteiger partial charge in [-0.25, -0.2) is 12.8 Å². The van der Waals surface area contributed by atoms with E-state index in [2.05, 4.69) is 4.72 Å². The van der Waals surface area contributed by atoms with Crippen molar-refractivity contribution in [3.63, 3.8) is 0 Å². The molecular formula is C20H18FNO5S. The fraction of sp³-hybridized carbons (Fsp3) is 0.100. The summed E-state index contributed by atoms with van der Waals surface area (Å²) in [6.07, 6.45) is 0. The third-order valence-electron chi connectivity index (χ3n) is 3.81. The Kier molecular flexibility index (Phi) is 5.70. The molecule has 3 aromatic carbocycles. The second-order valence-electron chi connectivity index (χ2n) is 5.71. The lowest BCUT2D eigenvalue weighted by molar-refractivity contribution is 0.378. The molecule has 0 bridgehead atoms. The number of rotatable bonds is 7. The van der Waals surface area contributed by atoms with Crippen LogP contribution in [0.25, 0.3) is 0 Å². The molecule has 0 spiro atoms. The normalized spacial score (nSPS) is 11.0. The maximum atomic E-state index is 13.4. The van der Waals surface area contributed by atoms with E-state index in [1.54, 1.807) is 37.4 Å². The molecule has 3 rings (SSSR count). The van der Waals surface area contributed by atoms with Gasteiger partial charge in [0.1, 0.15) is 17.3 Å². The molecular weight excluding hydrogens is 385 g/mol. The topological polar surface area (TPSA) is 73.9 Å². The minimum Gasteiger partial charge on any atom is -0.497 e. The number of benzene rings is 3. The fourth-order valence-electron chi connectivity index (χ4n) is 2.44. The van der Waals surface area contributed by atoms with E-state index in [0.29, 0.717) is 23.0 Å². The quantitative estimate of drug-likeness (QED) is 0.632. The van der Waals surface area contributed by atoms with Crippen molar-refractivity contribution in [2.45, 2.75) is 4.90 Å². The van der Waals surface area contributed by atoms with Gasteiger partial charge in [-0.1, -0.05) is 6.07 Å². The van der Waals surface area contributed by atoms with Crippen molar-refractivity contribution in [2.24, 2.45) is 0 Å². The van der Waals surface area contributed by atoms with Crippen LogP contribution >= 0.6 is 0 Å². The van der Waals surface area contributed by atoms with E-state index < -0.39 is 15.8 Å². The van der Waals surface area contributed by atoms with Gasteiger partial charge in [0.15, 0.2) is 11.5 Å². The molecule has 0 aromatic heterocycles. The second kappa shape index (κ2) is 8.18. The monoisotopic (exact) mass is 403 g/mol. The zero-order valence-corrected chi connectivity index (χ0v) is 16.0. The lowest BCUT2D eigenvalue weighted by Crippen LogP contribution is -2.13. The Morgan fingerprint density at radius 3 is 2.18 bits per heavy atom. The molecule has 6 nitrogen and oxygen atoms in total. The summed E-state index contributed by atoms with van der Waals surface area (Å²) in [5, 5.41) is 0. The number of ether oxygens (including phenoxy) is 3. The van der Waals surface area contributed by atoms with Gasteiger partial charge in [-0.15, -0.1) is 0 Å². The first-order valence-corrected chi connectivity index (χ1v) is 9.68. The third-order valence-corrected chi connectivity index (χ3v) is 5.19. The van der Waals surface area contributed by atoms with Crippen molar-refractivity contribution >= 4 is 15.7 Å². The molecule has 0 saturated carbocycles. The number of anilines is 1. The van der Waals surface area contributed by atoms with E-state index in [0.717, 1.165) is 6.07 Å². The highest BCUT2D eigenvalue weighted by atomic mass is 32.2. The van der Waals surface area contributed by atoms with Crippen molar-refractivity contribution in [3.8, 4) is 23.0 Å². The Bertz CT molecular complexity index is 1070. The first-order chi connectivity index (χ1) is 13.4. The van der Waals surface area contributed by atoms with Crippen LogP contribution < -0.4 is 18.9 Å². The molecule has 0 aliphatic heterocycles. The van der Waals surface area contributed by atoms with Crippen molar-refractivity contribution in [1.29, 1.82) is 0 Å². The summed E-state index contributed by atoms with van der Waals surface area (Å²) < 4.78 is 56.9. The molecule has 146 valence electrons. The van der Waals surface area contributed by atoms with Crippen LogP contribution in [0.1, 0.15) is 0 Å². The summed E-state index contributed by atoms with van der Waals surface area (Å²) in [5.41, 5.74) is 0.244. The van der Waals surface area contributed by atoms with E-state index in [9.17, 15) is 12.8 Å². The van der Waals surface area contributed by atoms with Crippen LogP contribution in [0.3, 0.4) is 0 Å². The standard InChI is InChI=1S/C20H18FNO5S/c1-25-16-7-9-17(10-8-16)27-20-13-15(6-11-19(20)26-2)22-28(23,24)18-5-3-4-14(21)12-18/h3-13,22H,1-2H3. The predicted molar refractivity (Wildman–Crippen MR) is 103 cm³/mol. The van der Waals surface area contributed by atoms with Crippen LogP contribution in [0.15, 0.2) is 71.6 Å². The molecule has 0 saturated heterocycles. The molecule has 28 heavy (non-hydrogen) atoms. The van der Waals surface area contributed by atoms with E-state index in [1.807, 2.05) is 0 Å². The fourth-order valence-corrected chi connectivity index (χ4v) is 3.52. The second-order valence-corrected chi connectivity index (χ2v) is 7.39. The van der Waals surface area contributed by atoms with Crippen molar-refractivity contribution in [3.05, 3.63) is 72.5 Å². The highest BCUT2D eigenvalue weighted by Gasteiger charge is 2.16. The Labute approximate surface area is 162 Å². The first kappa shape index (κ1) is 19.5. The lowest BCUT2D eigenvalue weighted by Gasteiger charge is -2.14. The molecule has 0 aliphatic carbocycles. The van der Waals surface area contributed by atoms with E-state index in [-0.39, 0.29) is 10.6 Å². The molecule has 0 fully saturated rings. The Morgan fingerprint density at radius 1 is 0.821 bits per heavy atom. The van der Waals surface area contributed by atoms with E-state index in [4.69, 9.17) is 14.2 Å². The predicted octanol–water partition coefficient (Wildman–Crippen LogP) is 4.44. The van der Waals surface area contributed by atoms with Gasteiger partial charge in [-0.05, 0) is 54.6 Å². The molecule has 1 N–H and O–H groups in total. The van der Waals surface area contributed by atoms with Gasteiger partial charge >= 0.3 is 0 Å². The SMILES string of the molecule is COc1ccc(Oc2cc(NS(=O)(=O)c3cccc(F)c3)ccc2OC)cc1. The van der Waals surface area contributed by atoms with E-state index in [1.165, 1.54) is 37.4 Å². The number of nitrogens with one attached hydrogen (secondary N) is 1. The maximum Gasteiger partial charge on any atom is 0.261 e. The molecule has 0 amide bonds. The zero-order valence-electron chi connectivity index (χ0n) is 15.2. The minimum atomic E-state index is -3.96. The van der Waals surface area contributed by atoms with Gasteiger partial charge in [0.05, 0.1) is 24.8 Å². The number of halogens is 1. The molecule has 0 unspecified atom stereocenters. The summed E-state index contributed by atoms with van der Waals surface area (Å²) in [6, 6.07) is 16.2. The average Bonchev–Trinajstić information content (AvgIpc) is 2.68. The summed E-state index contributed by atoms with van der Waals surface area (Å²) in [5.74, 6) is 1.29. The first-order valence-electron chi connectivity index (χ1n) is 8.19. The Hall–Kier alpha value is -3.26. The summed E-state index contributed by atoms with van der Waals surface area (Å²) in [7, 11) is -0.915. The third kappa shape index (κ3) is 4.52. The van der Waals surface area contributed by atoms with Crippen molar-refractivity contribution in [2.75, 3.05) is 18.9 Å². The van der Waals surface area contributed by atoms with Crippen LogP contribution in [0.2, 0.25) is 0 Å². The number of sulfonamides is 1. The molecule has 0 radical (unpaired) electrons. The molecule has 0 atom stereocenters. The maximum absolute atomic E-state index is 13.4. The van der Waals surface area contributed by atoms with Crippen LogP contribution in [-0.2, 0) is 10.0 Å². The lowest BCUT2D eigenvalue weighted by atomic mass is 10.2. The van der Waals surface area contributed by atoms with Crippen LogP contribution in [-0.4, -0.2) is 22.6 Å². The molecule has 0 aliphatic rings. The average molecular weight is 403 g/mol. The Balaban J connectivity index is 1.87. The minimum absolute atomic E-state index is 0.180. The summed E-state index contributed by atoms with van der Waals surface area (Å²) in [4.78, 5) is -0.180. The summed E-state index contributed by atoms with van der Waals surface area (Å²) in [6.45, 7) is 0. The van der Waals surface area contributed by atoms with Crippen molar-refractivity contribution in [1.82, 2.24) is 0 Å². The number of methoxy groups -OCH3 is 2. The van der Waals surface area contributed by atoms with Gasteiger partial charge in [0.25, 0.3) is 10.0 Å². The van der Waals surface area contributed by atoms with Gasteiger partial charge in [0.2, 0.25) is 0 Å². The molecule has 0 heterocycles. The zero-order chi connectivity index (χ0) is 20.1. The van der Waals surface area contributed by atoms with Crippen LogP contribution in [0.5, 0.6) is 23.0 Å². The summed E-state index contributed by atoms with van der Waals surface area (Å²) >= 11 is 0.